The van der Waals surface area contributed by atoms with Crippen molar-refractivity contribution in [2.24, 2.45) is 11.3 Å². The number of nitrogens with one attached hydrogen (secondary N) is 2. The van der Waals surface area contributed by atoms with Crippen LogP contribution in [-0.2, 0) is 4.79 Å². The van der Waals surface area contributed by atoms with Crippen LogP contribution in [0.1, 0.15) is 61.1 Å². The van der Waals surface area contributed by atoms with Gasteiger partial charge >= 0.3 is 0 Å². The number of halogens is 1. The molecule has 35 heavy (non-hydrogen) atoms. The smallest absolute Gasteiger partial charge is 0.274 e. The Hall–Kier alpha value is -3.14. The topological polar surface area (TPSA) is 100 Å². The van der Waals surface area contributed by atoms with Gasteiger partial charge in [0.05, 0.1) is 22.5 Å². The number of fused-ring (bicyclic) bond motifs is 1. The van der Waals surface area contributed by atoms with Crippen LogP contribution in [0.25, 0.3) is 10.2 Å². The molecule has 4 rings (SSSR count). The van der Waals surface area contributed by atoms with Crippen molar-refractivity contribution in [3.63, 3.8) is 0 Å². The van der Waals surface area contributed by atoms with E-state index in [-0.39, 0.29) is 29.2 Å². The van der Waals surface area contributed by atoms with Crippen molar-refractivity contribution in [1.82, 2.24) is 25.2 Å². The second-order valence-corrected chi connectivity index (χ2v) is 11.6. The number of anilines is 1. The monoisotopic (exact) mass is 498 g/mol. The zero-order valence-corrected chi connectivity index (χ0v) is 21.5. The fourth-order valence-electron chi connectivity index (χ4n) is 4.02. The number of pyridine rings is 1. The number of thiophene rings is 1. The maximum atomic E-state index is 13.6. The van der Waals surface area contributed by atoms with E-state index in [0.29, 0.717) is 48.8 Å². The molecule has 0 unspecified atom stereocenters. The summed E-state index contributed by atoms with van der Waals surface area (Å²) in [5.74, 6) is -0.00380. The molecule has 2 amide bonds. The van der Waals surface area contributed by atoms with Gasteiger partial charge in [-0.25, -0.2) is 14.4 Å². The third-order valence-electron chi connectivity index (χ3n) is 5.79. The van der Waals surface area contributed by atoms with Crippen LogP contribution in [0.5, 0.6) is 0 Å². The fraction of sp³-hybridized carbons (Fsp3) is 0.480. The molecule has 1 saturated heterocycles. The highest BCUT2D eigenvalue weighted by Crippen LogP contribution is 2.30. The van der Waals surface area contributed by atoms with Crippen molar-refractivity contribution in [2.45, 2.75) is 47.1 Å². The van der Waals surface area contributed by atoms with Crippen molar-refractivity contribution in [3.8, 4) is 0 Å². The SMILES string of the molecule is Cc1cc2nc(N[C@@H](C)c3cncc(F)c3)nc(C(=O)N3CC(CNC(=O)CC(C)(C)C)C3)c2s1. The molecule has 4 heterocycles. The first-order valence-corrected chi connectivity index (χ1v) is 12.5. The lowest BCUT2D eigenvalue weighted by Crippen LogP contribution is -2.54. The Bertz CT molecular complexity index is 1250. The molecule has 0 radical (unpaired) electrons. The predicted octanol–water partition coefficient (Wildman–Crippen LogP) is 4.33. The number of amides is 2. The summed E-state index contributed by atoms with van der Waals surface area (Å²) >= 11 is 1.49. The number of hydrogen-bond donors (Lipinski definition) is 2. The van der Waals surface area contributed by atoms with E-state index in [1.807, 2.05) is 40.7 Å². The normalized spacial score (nSPS) is 15.1. The van der Waals surface area contributed by atoms with Crippen molar-refractivity contribution < 1.29 is 14.0 Å². The number of carbonyl (C=O) groups excluding carboxylic acids is 2. The summed E-state index contributed by atoms with van der Waals surface area (Å²) < 4.78 is 14.3. The van der Waals surface area contributed by atoms with Crippen LogP contribution in [0.4, 0.5) is 10.3 Å². The summed E-state index contributed by atoms with van der Waals surface area (Å²) in [6.07, 6.45) is 3.21. The zero-order valence-electron chi connectivity index (χ0n) is 20.7. The minimum absolute atomic E-state index is 0.0344. The number of carbonyl (C=O) groups is 2. The molecule has 3 aromatic heterocycles. The second-order valence-electron chi connectivity index (χ2n) is 10.4. The standard InChI is InChI=1S/C25H31FN6O2S/c1-14-6-19-22(35-14)21(31-24(30-19)29-15(2)17-7-18(26)11-27-10-17)23(34)32-12-16(13-32)9-28-20(33)8-25(3,4)5/h6-7,10-11,15-16H,8-9,12-13H2,1-5H3,(H,28,33)(H,29,30,31)/t15-/m0/s1. The Balaban J connectivity index is 1.45. The molecule has 1 aliphatic heterocycles. The zero-order chi connectivity index (χ0) is 25.3. The van der Waals surface area contributed by atoms with E-state index >= 15 is 0 Å². The first-order valence-electron chi connectivity index (χ1n) is 11.7. The molecule has 10 heteroatoms. The highest BCUT2D eigenvalue weighted by molar-refractivity contribution is 7.19. The molecule has 186 valence electrons. The van der Waals surface area contributed by atoms with Gasteiger partial charge in [0, 0.05) is 43.0 Å². The van der Waals surface area contributed by atoms with Gasteiger partial charge in [-0.15, -0.1) is 11.3 Å². The number of rotatable bonds is 7. The highest BCUT2D eigenvalue weighted by atomic mass is 32.1. The van der Waals surface area contributed by atoms with Gasteiger partial charge in [-0.1, -0.05) is 20.8 Å². The lowest BCUT2D eigenvalue weighted by Gasteiger charge is -2.39. The first-order chi connectivity index (χ1) is 16.5. The van der Waals surface area contributed by atoms with Crippen LogP contribution in [0, 0.1) is 24.1 Å². The molecule has 1 aliphatic rings. The van der Waals surface area contributed by atoms with Gasteiger partial charge in [-0.2, -0.15) is 0 Å². The Morgan fingerprint density at radius 2 is 1.97 bits per heavy atom. The van der Waals surface area contributed by atoms with E-state index < -0.39 is 5.82 Å². The van der Waals surface area contributed by atoms with Gasteiger partial charge in [-0.05, 0) is 37.0 Å². The Morgan fingerprint density at radius 3 is 2.66 bits per heavy atom. The third-order valence-corrected chi connectivity index (χ3v) is 6.84. The van der Waals surface area contributed by atoms with E-state index in [1.165, 1.54) is 17.4 Å². The minimum atomic E-state index is -0.418. The molecular formula is C25H31FN6O2S. The van der Waals surface area contributed by atoms with E-state index in [0.717, 1.165) is 15.8 Å². The molecule has 2 N–H and O–H groups in total. The summed E-state index contributed by atoms with van der Waals surface area (Å²) in [4.78, 5) is 41.3. The average molecular weight is 499 g/mol. The molecule has 0 aliphatic carbocycles. The number of aromatic nitrogens is 3. The molecule has 1 atom stereocenters. The number of nitrogens with zero attached hydrogens (tertiary/aromatic N) is 4. The van der Waals surface area contributed by atoms with E-state index in [9.17, 15) is 14.0 Å². The number of likely N-dealkylation sites (tertiary alicyclic amines) is 1. The van der Waals surface area contributed by atoms with Gasteiger partial charge in [-0.3, -0.25) is 14.6 Å². The van der Waals surface area contributed by atoms with Gasteiger partial charge in [0.2, 0.25) is 11.9 Å². The van der Waals surface area contributed by atoms with Gasteiger partial charge in [0.15, 0.2) is 5.69 Å². The molecule has 0 spiro atoms. The Kier molecular flexibility index (Phi) is 7.02. The Labute approximate surface area is 208 Å². The van der Waals surface area contributed by atoms with Crippen LogP contribution in [0.15, 0.2) is 24.5 Å². The summed E-state index contributed by atoms with van der Waals surface area (Å²) in [5, 5.41) is 6.16. The van der Waals surface area contributed by atoms with E-state index in [2.05, 4.69) is 25.6 Å². The van der Waals surface area contributed by atoms with E-state index in [1.54, 1.807) is 11.1 Å². The second kappa shape index (κ2) is 9.85. The maximum Gasteiger partial charge on any atom is 0.274 e. The fourth-order valence-corrected chi connectivity index (χ4v) is 4.95. The number of hydrogen-bond acceptors (Lipinski definition) is 7. The van der Waals surface area contributed by atoms with Crippen LogP contribution in [0.2, 0.25) is 0 Å². The number of aryl methyl sites for hydroxylation is 1. The van der Waals surface area contributed by atoms with Crippen molar-refractivity contribution in [3.05, 3.63) is 46.5 Å². The van der Waals surface area contributed by atoms with Crippen LogP contribution >= 0.6 is 11.3 Å². The largest absolute Gasteiger partial charge is 0.356 e. The molecule has 1 fully saturated rings. The first kappa shape index (κ1) is 25.0. The quantitative estimate of drug-likeness (QED) is 0.503. The minimum Gasteiger partial charge on any atom is -0.356 e. The van der Waals surface area contributed by atoms with E-state index in [4.69, 9.17) is 0 Å². The molecular weight excluding hydrogens is 467 g/mol. The Morgan fingerprint density at radius 1 is 1.23 bits per heavy atom. The van der Waals surface area contributed by atoms with Crippen LogP contribution in [0.3, 0.4) is 0 Å². The van der Waals surface area contributed by atoms with Crippen LogP contribution in [-0.4, -0.2) is 51.3 Å². The molecule has 0 saturated carbocycles. The predicted molar refractivity (Wildman–Crippen MR) is 135 cm³/mol. The maximum absolute atomic E-state index is 13.6. The van der Waals surface area contributed by atoms with Crippen molar-refractivity contribution in [2.75, 3.05) is 25.0 Å². The van der Waals surface area contributed by atoms with Gasteiger partial charge in [0.1, 0.15) is 5.82 Å². The van der Waals surface area contributed by atoms with Crippen molar-refractivity contribution >= 4 is 39.3 Å². The lowest BCUT2D eigenvalue weighted by molar-refractivity contribution is -0.123. The third kappa shape index (κ3) is 6.11. The average Bonchev–Trinajstić information content (AvgIpc) is 3.10. The molecule has 3 aromatic rings. The molecule has 0 bridgehead atoms. The summed E-state index contributed by atoms with van der Waals surface area (Å²) in [5.41, 5.74) is 1.65. The highest BCUT2D eigenvalue weighted by Gasteiger charge is 2.33. The van der Waals surface area contributed by atoms with Gasteiger partial charge in [0.25, 0.3) is 5.91 Å². The van der Waals surface area contributed by atoms with Gasteiger partial charge < -0.3 is 15.5 Å². The summed E-state index contributed by atoms with van der Waals surface area (Å²) in [7, 11) is 0. The molecule has 0 aromatic carbocycles. The van der Waals surface area contributed by atoms with Crippen molar-refractivity contribution in [1.29, 1.82) is 0 Å². The lowest BCUT2D eigenvalue weighted by atomic mass is 9.91. The summed E-state index contributed by atoms with van der Waals surface area (Å²) in [6.45, 7) is 11.6. The molecule has 8 nitrogen and oxygen atoms in total. The summed E-state index contributed by atoms with van der Waals surface area (Å²) in [6, 6.07) is 3.04. The van der Waals surface area contributed by atoms with Crippen LogP contribution < -0.4 is 10.6 Å².